The minimum absolute atomic E-state index is 0.177. The zero-order valence-electron chi connectivity index (χ0n) is 9.95. The average Bonchev–Trinajstić information content (AvgIpc) is 2.41. The van der Waals surface area contributed by atoms with Crippen LogP contribution < -0.4 is 5.32 Å². The molecule has 0 spiro atoms. The third-order valence-corrected chi connectivity index (χ3v) is 3.48. The van der Waals surface area contributed by atoms with Crippen LogP contribution in [0, 0.1) is 11.3 Å². The molecule has 0 atom stereocenters. The summed E-state index contributed by atoms with van der Waals surface area (Å²) < 4.78 is 0. The van der Waals surface area contributed by atoms with Crippen LogP contribution in [0.15, 0.2) is 36.4 Å². The van der Waals surface area contributed by atoms with Crippen molar-refractivity contribution in [2.45, 2.75) is 0 Å². The summed E-state index contributed by atoms with van der Waals surface area (Å²) in [5.41, 5.74) is 0.965. The van der Waals surface area contributed by atoms with E-state index in [-0.39, 0.29) is 20.6 Å². The first-order valence-corrected chi connectivity index (χ1v) is 6.61. The van der Waals surface area contributed by atoms with Crippen molar-refractivity contribution in [3.8, 4) is 6.07 Å². The molecule has 0 fully saturated rings. The van der Waals surface area contributed by atoms with Crippen LogP contribution in [0.5, 0.6) is 0 Å². The van der Waals surface area contributed by atoms with Gasteiger partial charge in [-0.1, -0.05) is 40.9 Å². The summed E-state index contributed by atoms with van der Waals surface area (Å²) in [4.78, 5) is 12.2. The fraction of sp³-hybridized carbons (Fsp3) is 0. The summed E-state index contributed by atoms with van der Waals surface area (Å²) in [6.45, 7) is 0. The van der Waals surface area contributed by atoms with Crippen molar-refractivity contribution in [2.75, 3.05) is 5.32 Å². The Labute approximate surface area is 130 Å². The molecule has 0 aromatic heterocycles. The van der Waals surface area contributed by atoms with Crippen LogP contribution in [0.4, 0.5) is 5.69 Å². The van der Waals surface area contributed by atoms with E-state index in [2.05, 4.69) is 5.32 Å². The van der Waals surface area contributed by atoms with Crippen molar-refractivity contribution in [3.05, 3.63) is 62.6 Å². The maximum Gasteiger partial charge on any atom is 0.258 e. The number of nitriles is 1. The van der Waals surface area contributed by atoms with Crippen LogP contribution >= 0.6 is 34.8 Å². The summed E-state index contributed by atoms with van der Waals surface area (Å²) in [7, 11) is 0. The van der Waals surface area contributed by atoms with E-state index in [0.29, 0.717) is 11.3 Å². The van der Waals surface area contributed by atoms with Crippen molar-refractivity contribution in [1.82, 2.24) is 0 Å². The van der Waals surface area contributed by atoms with Crippen molar-refractivity contribution >= 4 is 46.4 Å². The number of hydrogen-bond acceptors (Lipinski definition) is 2. The standard InChI is InChI=1S/C14H7Cl3N2O/c15-9-2-1-3-10(16)13(9)14(20)19-12-5-4-8(7-18)6-11(12)17/h1-6H,(H,19,20). The fourth-order valence-electron chi connectivity index (χ4n) is 1.59. The number of nitrogens with one attached hydrogen (secondary N) is 1. The number of carbonyl (C=O) groups is 1. The molecular weight excluding hydrogens is 319 g/mol. The Morgan fingerprint density at radius 3 is 2.25 bits per heavy atom. The Morgan fingerprint density at radius 2 is 1.70 bits per heavy atom. The van der Waals surface area contributed by atoms with Gasteiger partial charge in [-0.15, -0.1) is 0 Å². The number of rotatable bonds is 2. The van der Waals surface area contributed by atoms with Crippen LogP contribution in [0.1, 0.15) is 15.9 Å². The van der Waals surface area contributed by atoms with E-state index in [1.54, 1.807) is 30.3 Å². The molecule has 0 unspecified atom stereocenters. The first kappa shape index (κ1) is 14.7. The second-order valence-corrected chi connectivity index (χ2v) is 5.08. The second-order valence-electron chi connectivity index (χ2n) is 3.86. The second kappa shape index (κ2) is 6.15. The molecule has 20 heavy (non-hydrogen) atoms. The lowest BCUT2D eigenvalue weighted by Gasteiger charge is -2.09. The summed E-state index contributed by atoms with van der Waals surface area (Å²) in [5.74, 6) is -0.466. The summed E-state index contributed by atoms with van der Waals surface area (Å²) in [6, 6.07) is 11.3. The molecule has 1 amide bonds. The van der Waals surface area contributed by atoms with Crippen LogP contribution in [0.25, 0.3) is 0 Å². The first-order chi connectivity index (χ1) is 9.52. The van der Waals surface area contributed by atoms with Crippen molar-refractivity contribution < 1.29 is 4.79 Å². The van der Waals surface area contributed by atoms with E-state index < -0.39 is 5.91 Å². The van der Waals surface area contributed by atoms with Gasteiger partial charge in [0.2, 0.25) is 0 Å². The number of anilines is 1. The van der Waals surface area contributed by atoms with Gasteiger partial charge >= 0.3 is 0 Å². The van der Waals surface area contributed by atoms with E-state index in [0.717, 1.165) is 0 Å². The Kier molecular flexibility index (Phi) is 4.51. The van der Waals surface area contributed by atoms with Gasteiger partial charge in [0.1, 0.15) is 0 Å². The van der Waals surface area contributed by atoms with Gasteiger partial charge in [-0.2, -0.15) is 5.26 Å². The molecule has 0 aliphatic carbocycles. The topological polar surface area (TPSA) is 52.9 Å². The maximum atomic E-state index is 12.2. The van der Waals surface area contributed by atoms with Crippen LogP contribution in [0.2, 0.25) is 15.1 Å². The highest BCUT2D eigenvalue weighted by Crippen LogP contribution is 2.27. The molecule has 3 nitrogen and oxygen atoms in total. The highest BCUT2D eigenvalue weighted by molar-refractivity contribution is 6.40. The molecule has 2 aromatic carbocycles. The maximum absolute atomic E-state index is 12.2. The monoisotopic (exact) mass is 324 g/mol. The molecule has 100 valence electrons. The number of halogens is 3. The van der Waals surface area contributed by atoms with Crippen LogP contribution in [-0.2, 0) is 0 Å². The lowest BCUT2D eigenvalue weighted by molar-refractivity contribution is 0.102. The molecule has 0 saturated carbocycles. The van der Waals surface area contributed by atoms with Crippen molar-refractivity contribution in [3.63, 3.8) is 0 Å². The van der Waals surface area contributed by atoms with Crippen LogP contribution in [0.3, 0.4) is 0 Å². The van der Waals surface area contributed by atoms with Gasteiger partial charge in [0.15, 0.2) is 0 Å². The number of hydrogen-bond donors (Lipinski definition) is 1. The quantitative estimate of drug-likeness (QED) is 0.864. The highest BCUT2D eigenvalue weighted by Gasteiger charge is 2.15. The van der Waals surface area contributed by atoms with Gasteiger partial charge in [-0.05, 0) is 30.3 Å². The molecule has 0 aliphatic heterocycles. The lowest BCUT2D eigenvalue weighted by Crippen LogP contribution is -2.13. The number of amides is 1. The number of benzene rings is 2. The molecule has 0 saturated heterocycles. The van der Waals surface area contributed by atoms with Gasteiger partial charge in [-0.25, -0.2) is 0 Å². The largest absolute Gasteiger partial charge is 0.321 e. The zero-order chi connectivity index (χ0) is 14.7. The summed E-state index contributed by atoms with van der Waals surface area (Å²) >= 11 is 17.9. The summed E-state index contributed by atoms with van der Waals surface area (Å²) in [5, 5.41) is 12.1. The SMILES string of the molecule is N#Cc1ccc(NC(=O)c2c(Cl)cccc2Cl)c(Cl)c1. The molecule has 2 aromatic rings. The minimum Gasteiger partial charge on any atom is -0.321 e. The van der Waals surface area contributed by atoms with E-state index >= 15 is 0 Å². The molecule has 0 radical (unpaired) electrons. The van der Waals surface area contributed by atoms with Gasteiger partial charge in [0.25, 0.3) is 5.91 Å². The van der Waals surface area contributed by atoms with Crippen molar-refractivity contribution in [2.24, 2.45) is 0 Å². The van der Waals surface area contributed by atoms with Gasteiger partial charge < -0.3 is 5.32 Å². The average molecular weight is 326 g/mol. The third-order valence-electron chi connectivity index (χ3n) is 2.54. The first-order valence-electron chi connectivity index (χ1n) is 5.48. The van der Waals surface area contributed by atoms with E-state index in [9.17, 15) is 4.79 Å². The van der Waals surface area contributed by atoms with Crippen molar-refractivity contribution in [1.29, 1.82) is 5.26 Å². The third kappa shape index (κ3) is 3.05. The van der Waals surface area contributed by atoms with Crippen LogP contribution in [-0.4, -0.2) is 5.91 Å². The molecule has 0 bridgehead atoms. The summed E-state index contributed by atoms with van der Waals surface area (Å²) in [6.07, 6.45) is 0. The van der Waals surface area contributed by atoms with Gasteiger partial charge in [-0.3, -0.25) is 4.79 Å². The Bertz CT molecular complexity index is 703. The number of carbonyl (C=O) groups excluding carboxylic acids is 1. The minimum atomic E-state index is -0.466. The molecule has 0 aliphatic rings. The fourth-order valence-corrected chi connectivity index (χ4v) is 2.38. The zero-order valence-corrected chi connectivity index (χ0v) is 12.2. The van der Waals surface area contributed by atoms with E-state index in [1.165, 1.54) is 6.07 Å². The predicted octanol–water partition coefficient (Wildman–Crippen LogP) is 4.77. The van der Waals surface area contributed by atoms with Gasteiger partial charge in [0.05, 0.1) is 38.0 Å². The molecule has 0 heterocycles. The van der Waals surface area contributed by atoms with Gasteiger partial charge in [0, 0.05) is 0 Å². The van der Waals surface area contributed by atoms with E-state index in [1.807, 2.05) is 6.07 Å². The number of nitrogens with zero attached hydrogens (tertiary/aromatic N) is 1. The molecule has 6 heteroatoms. The highest BCUT2D eigenvalue weighted by atomic mass is 35.5. The Hall–Kier alpha value is -1.73. The molecule has 1 N–H and O–H groups in total. The predicted molar refractivity (Wildman–Crippen MR) is 80.6 cm³/mol. The molecule has 2 rings (SSSR count). The molecular formula is C14H7Cl3N2O. The Morgan fingerprint density at radius 1 is 1.05 bits per heavy atom. The smallest absolute Gasteiger partial charge is 0.258 e. The van der Waals surface area contributed by atoms with E-state index in [4.69, 9.17) is 40.1 Å². The lowest BCUT2D eigenvalue weighted by atomic mass is 10.2. The Balaban J connectivity index is 2.31. The normalized spacial score (nSPS) is 9.90.